The molecule has 708 valence electrons. The van der Waals surface area contributed by atoms with Gasteiger partial charge in [-0.2, -0.15) is 12.9 Å². The van der Waals surface area contributed by atoms with Gasteiger partial charge in [0, 0.05) is 108 Å². The van der Waals surface area contributed by atoms with Crippen molar-refractivity contribution in [2.24, 2.45) is 0 Å². The number of piperidine rings is 4. The summed E-state index contributed by atoms with van der Waals surface area (Å²) in [7, 11) is 1.50. The van der Waals surface area contributed by atoms with E-state index in [1.807, 2.05) is 81.6 Å². The number of ketones is 1. The zero-order valence-electron chi connectivity index (χ0n) is 75.1. The fourth-order valence-electron chi connectivity index (χ4n) is 28.7. The van der Waals surface area contributed by atoms with Crippen LogP contribution >= 0.6 is 0 Å². The Morgan fingerprint density at radius 1 is 0.406 bits per heavy atom. The Balaban J connectivity index is 0.000000101. The molecule has 26 rings (SSSR count). The van der Waals surface area contributed by atoms with Crippen molar-refractivity contribution in [3.8, 4) is 46.0 Å². The Hall–Kier alpha value is -9.10. The van der Waals surface area contributed by atoms with Gasteiger partial charge in [-0.05, 0) is 160 Å². The zero-order chi connectivity index (χ0) is 92.5. The number of sulfonamides is 3. The number of hydrogen-bond donors (Lipinski definition) is 5. The quantitative estimate of drug-likeness (QED) is 0.0592. The van der Waals surface area contributed by atoms with Gasteiger partial charge in [-0.15, -0.1) is 0 Å². The molecule has 34 nitrogen and oxygen atoms in total. The predicted octanol–water partition coefficient (Wildman–Crippen LogP) is 6.69. The molecule has 4 saturated carbocycles. The molecule has 7 aromatic carbocycles. The lowest BCUT2D eigenvalue weighted by molar-refractivity contribution is -0.387. The zero-order valence-corrected chi connectivity index (χ0v) is 77.6. The number of benzene rings is 7. The lowest BCUT2D eigenvalue weighted by atomic mass is 9.48. The Morgan fingerprint density at radius 2 is 0.737 bits per heavy atom. The normalized spacial score (nSPS) is 34.5. The molecule has 11 aliphatic heterocycles. The minimum atomic E-state index is -4.32. The molecule has 0 unspecified atom stereocenters. The summed E-state index contributed by atoms with van der Waals surface area (Å²) in [6.07, 6.45) is 3.97. The van der Waals surface area contributed by atoms with Gasteiger partial charge in [0.1, 0.15) is 9.79 Å². The Morgan fingerprint density at radius 3 is 1.13 bits per heavy atom. The molecule has 16 atom stereocenters. The first-order valence-electron chi connectivity index (χ1n) is 46.0. The van der Waals surface area contributed by atoms with Crippen molar-refractivity contribution in [1.82, 2.24) is 18.2 Å². The van der Waals surface area contributed by atoms with Crippen LogP contribution in [0.25, 0.3) is 0 Å². The number of nitrogens with zero attached hydrogens (tertiary/aromatic N) is 6. The number of aliphatic hydroxyl groups is 4. The van der Waals surface area contributed by atoms with E-state index in [1.54, 1.807) is 75.8 Å². The van der Waals surface area contributed by atoms with Gasteiger partial charge in [-0.3, -0.25) is 14.9 Å². The highest BCUT2D eigenvalue weighted by molar-refractivity contribution is 7.90. The maximum Gasteiger partial charge on any atom is 0.289 e. The lowest BCUT2D eigenvalue weighted by Crippen LogP contribution is -2.79. The van der Waals surface area contributed by atoms with Crippen LogP contribution in [0.4, 0.5) is 17.1 Å². The van der Waals surface area contributed by atoms with Crippen molar-refractivity contribution in [3.63, 3.8) is 0 Å². The van der Waals surface area contributed by atoms with Crippen LogP contribution in [0, 0.1) is 10.1 Å². The number of anilines is 2. The number of hydrogen-bond acceptors (Lipinski definition) is 30. The van der Waals surface area contributed by atoms with E-state index in [-0.39, 0.29) is 84.4 Å². The van der Waals surface area contributed by atoms with Gasteiger partial charge in [0.05, 0.1) is 147 Å². The third kappa shape index (κ3) is 11.2. The standard InChI is InChI=1S/C27H32N2O7S.C25H26N2O9S.C25H28N2O6S.C19H23NO5/c1-28(2)18-6-4-5-7-20(18)37(31,32)29-13-12-25-22-17-8-9-19(33-3)23(22)36-24(25)27(34-14-15-35-27)11-10-26(25,30)21(29)16-17;1-33-17-7-6-15-14-19-24(28)8-9-25(34-12-13-35-25)22-23(24,20(15)21(17)36-22)10-11-26(19)37(31,32)18-5-3-2-4-16(18)27(29)30;1-26(2)16-6-4-5-7-19(16)34(30,31)27-13-12-24-21-15-8-9-18(32-3)22(21)33-23(24)17(28)10-11-25(24,29)20(27)14-15;1-22-12-3-2-11-10-13-18(21)4-5-19(23-8-9-24-19)16-17(18,6-7-20-13)14(11)15(12)25-16/h4-9,21,24,30H,10-16H2,1-3H3;2-7,19,22,28H,8-14H2,1H3;4-9,20,23,29H,10-14H2,1-3H3;2-3,13,16,20-21H,4-10H2,1H3/t21-,24-,25+,26-;19-,22-,23+,24-;20-,23+,24+,25-;13-,16-,17+,18-/m1111/s1. The van der Waals surface area contributed by atoms with Crippen molar-refractivity contribution in [1.29, 1.82) is 0 Å². The second-order valence-corrected chi connectivity index (χ2v) is 44.8. The van der Waals surface area contributed by atoms with Crippen LogP contribution in [0.1, 0.15) is 122 Å². The van der Waals surface area contributed by atoms with Crippen molar-refractivity contribution in [2.45, 2.75) is 227 Å². The van der Waals surface area contributed by atoms with E-state index in [1.165, 1.54) is 42.7 Å². The predicted molar refractivity (Wildman–Crippen MR) is 475 cm³/mol. The van der Waals surface area contributed by atoms with E-state index in [4.69, 9.17) is 66.3 Å². The maximum atomic E-state index is 14.3. The second-order valence-electron chi connectivity index (χ2n) is 39.3. The Bertz CT molecular complexity index is 6410. The summed E-state index contributed by atoms with van der Waals surface area (Å²) in [5, 5.41) is 64.9. The minimum absolute atomic E-state index is 0.0398. The number of nitro groups is 1. The average Bonchev–Trinajstić information content (AvgIpc) is 1.54. The summed E-state index contributed by atoms with van der Waals surface area (Å²) in [6, 6.07) is 32.5. The molecule has 0 aromatic heterocycles. The van der Waals surface area contributed by atoms with Crippen molar-refractivity contribution in [2.75, 3.05) is 132 Å². The first-order valence-corrected chi connectivity index (χ1v) is 50.3. The molecular formula is C96H109N7O27S3. The summed E-state index contributed by atoms with van der Waals surface area (Å²) < 4.78 is 174. The molecule has 19 aliphatic rings. The van der Waals surface area contributed by atoms with Gasteiger partial charge in [0.25, 0.3) is 5.69 Å². The Labute approximate surface area is 770 Å². The van der Waals surface area contributed by atoms with Crippen molar-refractivity contribution in [3.05, 3.63) is 176 Å². The van der Waals surface area contributed by atoms with E-state index in [0.717, 1.165) is 69.8 Å². The molecule has 0 radical (unpaired) electrons. The van der Waals surface area contributed by atoms with Crippen molar-refractivity contribution < 1.29 is 122 Å². The number of para-hydroxylation sites is 3. The monoisotopic (exact) mass is 1890 g/mol. The smallest absolute Gasteiger partial charge is 0.289 e. The van der Waals surface area contributed by atoms with Gasteiger partial charge >= 0.3 is 0 Å². The van der Waals surface area contributed by atoms with E-state index in [9.17, 15) is 60.6 Å². The number of rotatable bonds is 13. The third-order valence-corrected chi connectivity index (χ3v) is 39.9. The summed E-state index contributed by atoms with van der Waals surface area (Å²) in [5.41, 5.74) is -0.0508. The fraction of sp³-hybridized carbons (Fsp3) is 0.552. The van der Waals surface area contributed by atoms with Gasteiger partial charge < -0.3 is 102 Å². The molecule has 11 fully saturated rings. The number of nitrogens with one attached hydrogen (secondary N) is 1. The summed E-state index contributed by atoms with van der Waals surface area (Å²) in [6.45, 7) is 4.23. The highest BCUT2D eigenvalue weighted by Crippen LogP contribution is 2.74. The van der Waals surface area contributed by atoms with E-state index < -0.39 is 139 Å². The van der Waals surface area contributed by atoms with Crippen LogP contribution in [0.5, 0.6) is 46.0 Å². The molecule has 5 N–H and O–H groups in total. The number of fused-ring (bicyclic) bond motifs is 3. The molecule has 7 saturated heterocycles. The van der Waals surface area contributed by atoms with Crippen LogP contribution in [-0.4, -0.2) is 280 Å². The summed E-state index contributed by atoms with van der Waals surface area (Å²) >= 11 is 0. The van der Waals surface area contributed by atoms with Crippen LogP contribution < -0.4 is 53.0 Å². The van der Waals surface area contributed by atoms with Crippen LogP contribution in [0.3, 0.4) is 0 Å². The number of carbonyl (C=O) groups excluding carboxylic acids is 1. The first-order chi connectivity index (χ1) is 63.7. The highest BCUT2D eigenvalue weighted by Gasteiger charge is 2.83. The van der Waals surface area contributed by atoms with Gasteiger partial charge in [0.15, 0.2) is 81.1 Å². The number of Topliss-reactive ketones (excluding diaryl/α,β-unsaturated/α-hetero) is 1. The van der Waals surface area contributed by atoms with Crippen molar-refractivity contribution >= 4 is 52.9 Å². The fourth-order valence-corrected chi connectivity index (χ4v) is 34.4. The number of methoxy groups -OCH3 is 4. The largest absolute Gasteiger partial charge is 0.493 e. The first kappa shape index (κ1) is 87.9. The number of nitro benzene ring substituents is 1. The Kier molecular flexibility index (Phi) is 19.8. The van der Waals surface area contributed by atoms with Crippen LogP contribution in [-0.2, 0) is 111 Å². The van der Waals surface area contributed by atoms with E-state index >= 15 is 0 Å². The molecular weight excluding hydrogens is 1780 g/mol. The second kappa shape index (κ2) is 30.0. The number of carbonyl (C=O) groups is 1. The summed E-state index contributed by atoms with van der Waals surface area (Å²) in [4.78, 5) is 27.7. The molecule has 7 aromatic rings. The molecule has 8 aliphatic carbocycles. The van der Waals surface area contributed by atoms with Crippen LogP contribution in [0.2, 0.25) is 0 Å². The maximum absolute atomic E-state index is 14.3. The van der Waals surface area contributed by atoms with Gasteiger partial charge in [0.2, 0.25) is 47.4 Å². The van der Waals surface area contributed by atoms with Gasteiger partial charge in [-0.1, -0.05) is 60.7 Å². The van der Waals surface area contributed by atoms with E-state index in [0.29, 0.717) is 143 Å². The van der Waals surface area contributed by atoms with E-state index in [2.05, 4.69) is 11.4 Å². The SMILES string of the molecule is COc1ccc2c3c1O[C@H]1C(=O)CC[C@@]4(O)[C@@H](C2)N(S(=O)(=O)c2ccccc2N(C)C)CC[C@]314.COc1ccc2c3c1O[C@H]1C4(CC[C@@]5(O)[C@@H](C2)N(S(=O)(=O)c2ccccc2N(C)C)CC[C@]315)OCCO4.COc1ccc2c3c1O[C@H]1C4(CC[C@@]5(O)[C@@H](C2)N(S(=O)(=O)c2ccccc2[N+](=O)[O-])CC[C@]315)OCCO4.COc1ccc2c3c1O[C@H]1C4(CC[C@@]5(O)[C@@H](C2)NCC[C@]315)OCCO4. The lowest BCUT2D eigenvalue weighted by Gasteiger charge is -2.64. The molecule has 7 spiro atoms. The molecule has 8 bridgehead atoms. The highest BCUT2D eigenvalue weighted by atomic mass is 32.2. The molecule has 11 heterocycles. The molecule has 0 amide bonds. The third-order valence-electron chi connectivity index (χ3n) is 34.0. The van der Waals surface area contributed by atoms with Crippen LogP contribution in [0.15, 0.2) is 136 Å². The topological polar surface area (TPSA) is 401 Å². The molecule has 37 heteroatoms. The van der Waals surface area contributed by atoms with Gasteiger partial charge in [-0.25, -0.2) is 25.3 Å². The minimum Gasteiger partial charge on any atom is -0.493 e. The average molecular weight is 1890 g/mol. The summed E-state index contributed by atoms with van der Waals surface area (Å²) in [5.74, 6) is 2.02. The molecule has 133 heavy (non-hydrogen) atoms. The number of ether oxygens (including phenoxy) is 14.